The second-order valence-electron chi connectivity index (χ2n) is 11.9. The van der Waals surface area contributed by atoms with Crippen LogP contribution in [0.2, 0.25) is 0 Å². The van der Waals surface area contributed by atoms with Gasteiger partial charge in [0.15, 0.2) is 0 Å². The lowest BCUT2D eigenvalue weighted by Crippen LogP contribution is -2.10. The first-order valence-corrected chi connectivity index (χ1v) is 13.8. The molecule has 0 radical (unpaired) electrons. The van der Waals surface area contributed by atoms with Gasteiger partial charge in [0.05, 0.1) is 14.2 Å². The van der Waals surface area contributed by atoms with Gasteiger partial charge in [0.2, 0.25) is 0 Å². The fraction of sp³-hybridized carbons (Fsp3) is 0.455. The molecular formula is C33H48O2S. The molecule has 0 amide bonds. The molecule has 3 aromatic carbocycles. The van der Waals surface area contributed by atoms with Crippen LogP contribution >= 0.6 is 11.8 Å². The lowest BCUT2D eigenvalue weighted by Gasteiger charge is -2.18. The highest BCUT2D eigenvalue weighted by Gasteiger charge is 2.14. The molecule has 3 heteroatoms. The van der Waals surface area contributed by atoms with E-state index in [1.807, 2.05) is 24.3 Å². The quantitative estimate of drug-likeness (QED) is 0.328. The summed E-state index contributed by atoms with van der Waals surface area (Å²) in [5.41, 5.74) is 4.81. The van der Waals surface area contributed by atoms with E-state index in [-0.39, 0.29) is 16.2 Å². The van der Waals surface area contributed by atoms with Crippen LogP contribution in [0.5, 0.6) is 11.5 Å². The van der Waals surface area contributed by atoms with Crippen LogP contribution in [0.15, 0.2) is 77.7 Å². The van der Waals surface area contributed by atoms with Gasteiger partial charge in [0, 0.05) is 4.90 Å². The highest BCUT2D eigenvalue weighted by atomic mass is 32.2. The van der Waals surface area contributed by atoms with Gasteiger partial charge >= 0.3 is 0 Å². The maximum absolute atomic E-state index is 5.08. The van der Waals surface area contributed by atoms with Crippen molar-refractivity contribution in [3.8, 4) is 11.5 Å². The summed E-state index contributed by atoms with van der Waals surface area (Å²) in [6, 6.07) is 25.2. The number of ether oxygens (including phenoxy) is 2. The third kappa shape index (κ3) is 11.1. The summed E-state index contributed by atoms with van der Waals surface area (Å²) in [6.07, 6.45) is 2.10. The Kier molecular flexibility index (Phi) is 12.1. The molecule has 0 bridgehead atoms. The Morgan fingerprint density at radius 2 is 0.694 bits per heavy atom. The topological polar surface area (TPSA) is 18.5 Å². The van der Waals surface area contributed by atoms with Crippen molar-refractivity contribution in [2.75, 3.05) is 20.5 Å². The van der Waals surface area contributed by atoms with Gasteiger partial charge < -0.3 is 9.47 Å². The number of hydrogen-bond acceptors (Lipinski definition) is 3. The van der Waals surface area contributed by atoms with E-state index in [0.29, 0.717) is 0 Å². The summed E-state index contributed by atoms with van der Waals surface area (Å²) >= 11 is 1.79. The van der Waals surface area contributed by atoms with Crippen molar-refractivity contribution < 1.29 is 9.47 Å². The second-order valence-corrected chi connectivity index (χ2v) is 12.8. The third-order valence-electron chi connectivity index (χ3n) is 5.87. The summed E-state index contributed by atoms with van der Waals surface area (Å²) in [5.74, 6) is 1.84. The third-order valence-corrected chi connectivity index (χ3v) is 6.61. The Bertz CT molecular complexity index is 862. The molecule has 0 unspecified atom stereocenters. The zero-order valence-electron chi connectivity index (χ0n) is 24.7. The van der Waals surface area contributed by atoms with E-state index in [4.69, 9.17) is 9.47 Å². The molecule has 0 aliphatic heterocycles. The van der Waals surface area contributed by atoms with E-state index in [1.54, 1.807) is 26.0 Å². The molecule has 0 fully saturated rings. The average Bonchev–Trinajstić information content (AvgIpc) is 2.83. The number of methoxy groups -OCH3 is 2. The first kappa shape index (κ1) is 31.6. The monoisotopic (exact) mass is 508 g/mol. The highest BCUT2D eigenvalue weighted by Crippen LogP contribution is 2.26. The van der Waals surface area contributed by atoms with Crippen molar-refractivity contribution in [1.29, 1.82) is 0 Å². The van der Waals surface area contributed by atoms with Crippen LogP contribution in [0.1, 0.15) is 79.0 Å². The maximum atomic E-state index is 5.08. The van der Waals surface area contributed by atoms with Crippen LogP contribution in [-0.2, 0) is 16.2 Å². The van der Waals surface area contributed by atoms with E-state index in [1.165, 1.54) is 21.6 Å². The molecule has 36 heavy (non-hydrogen) atoms. The number of rotatable bonds is 3. The van der Waals surface area contributed by atoms with Crippen LogP contribution in [0.25, 0.3) is 0 Å². The minimum atomic E-state index is 0.228. The molecule has 0 aliphatic rings. The van der Waals surface area contributed by atoms with Crippen LogP contribution < -0.4 is 9.47 Å². The zero-order valence-corrected chi connectivity index (χ0v) is 25.5. The lowest BCUT2D eigenvalue weighted by atomic mass is 9.87. The van der Waals surface area contributed by atoms with Crippen LogP contribution in [0, 0.1) is 0 Å². The van der Waals surface area contributed by atoms with E-state index in [0.717, 1.165) is 11.5 Å². The van der Waals surface area contributed by atoms with Crippen molar-refractivity contribution in [1.82, 2.24) is 0 Å². The SMILES string of the molecule is COc1ccc(C(C)(C)C)cc1.COc1ccc(C(C)(C)C)cc1.CSc1ccc(C(C)(C)C)cc1. The molecule has 3 aromatic rings. The fourth-order valence-corrected chi connectivity index (χ4v) is 3.68. The second kappa shape index (κ2) is 13.8. The molecule has 2 nitrogen and oxygen atoms in total. The number of benzene rings is 3. The molecule has 0 saturated carbocycles. The van der Waals surface area contributed by atoms with Gasteiger partial charge in [-0.05, 0) is 75.6 Å². The standard InChI is InChI=1S/2C11H16O.C11H16S/c3*1-11(2,3)9-5-7-10(12-4)8-6-9/h3*5-8H,1-4H3. The summed E-state index contributed by atoms with van der Waals surface area (Å²) in [7, 11) is 3.37. The molecule has 0 aliphatic carbocycles. The van der Waals surface area contributed by atoms with Crippen LogP contribution in [0.3, 0.4) is 0 Å². The summed E-state index contributed by atoms with van der Waals surface area (Å²) in [5, 5.41) is 0. The molecule has 198 valence electrons. The normalized spacial score (nSPS) is 11.4. The van der Waals surface area contributed by atoms with E-state index < -0.39 is 0 Å². The van der Waals surface area contributed by atoms with Gasteiger partial charge in [0.25, 0.3) is 0 Å². The number of hydrogen-bond donors (Lipinski definition) is 0. The summed E-state index contributed by atoms with van der Waals surface area (Å²) in [4.78, 5) is 1.34. The number of thioether (sulfide) groups is 1. The molecule has 0 atom stereocenters. The average molecular weight is 509 g/mol. The van der Waals surface area contributed by atoms with Gasteiger partial charge in [-0.2, -0.15) is 0 Å². The maximum Gasteiger partial charge on any atom is 0.118 e. The smallest absolute Gasteiger partial charge is 0.118 e. The predicted octanol–water partition coefficient (Wildman–Crippen LogP) is 9.69. The molecule has 0 saturated heterocycles. The molecule has 3 rings (SSSR count). The highest BCUT2D eigenvalue weighted by molar-refractivity contribution is 7.98. The Morgan fingerprint density at radius 3 is 0.889 bits per heavy atom. The Hall–Kier alpha value is -2.39. The van der Waals surface area contributed by atoms with Gasteiger partial charge in [-0.3, -0.25) is 0 Å². The van der Waals surface area contributed by atoms with Crippen molar-refractivity contribution in [3.63, 3.8) is 0 Å². The van der Waals surface area contributed by atoms with E-state index >= 15 is 0 Å². The van der Waals surface area contributed by atoms with Gasteiger partial charge in [-0.1, -0.05) is 98.7 Å². The van der Waals surface area contributed by atoms with Gasteiger partial charge in [-0.25, -0.2) is 0 Å². The zero-order chi connectivity index (χ0) is 27.6. The Morgan fingerprint density at radius 1 is 0.444 bits per heavy atom. The van der Waals surface area contributed by atoms with E-state index in [2.05, 4.69) is 117 Å². The molecule has 0 heterocycles. The first-order chi connectivity index (χ1) is 16.6. The lowest BCUT2D eigenvalue weighted by molar-refractivity contribution is 0.414. The molecule has 0 N–H and O–H groups in total. The summed E-state index contributed by atoms with van der Waals surface area (Å²) in [6.45, 7) is 19.9. The van der Waals surface area contributed by atoms with Crippen LogP contribution in [-0.4, -0.2) is 20.5 Å². The van der Waals surface area contributed by atoms with Crippen molar-refractivity contribution >= 4 is 11.8 Å². The van der Waals surface area contributed by atoms with Crippen molar-refractivity contribution in [2.45, 2.75) is 83.5 Å². The van der Waals surface area contributed by atoms with Crippen LogP contribution in [0.4, 0.5) is 0 Å². The Balaban J connectivity index is 0.000000270. The van der Waals surface area contributed by atoms with Crippen molar-refractivity contribution in [2.24, 2.45) is 0 Å². The van der Waals surface area contributed by atoms with Crippen molar-refractivity contribution in [3.05, 3.63) is 89.5 Å². The molecular weight excluding hydrogens is 460 g/mol. The molecule has 0 spiro atoms. The van der Waals surface area contributed by atoms with E-state index in [9.17, 15) is 0 Å². The molecule has 0 aromatic heterocycles. The fourth-order valence-electron chi connectivity index (χ4n) is 3.27. The minimum Gasteiger partial charge on any atom is -0.497 e. The van der Waals surface area contributed by atoms with Gasteiger partial charge in [0.1, 0.15) is 11.5 Å². The van der Waals surface area contributed by atoms with Gasteiger partial charge in [-0.15, -0.1) is 11.8 Å². The first-order valence-electron chi connectivity index (χ1n) is 12.6. The largest absolute Gasteiger partial charge is 0.497 e. The Labute approximate surface area is 225 Å². The predicted molar refractivity (Wildman–Crippen MR) is 160 cm³/mol. The summed E-state index contributed by atoms with van der Waals surface area (Å²) < 4.78 is 10.2. The minimum absolute atomic E-state index is 0.228.